The third-order valence-electron chi connectivity index (χ3n) is 3.02. The molecule has 0 unspecified atom stereocenters. The Balaban J connectivity index is 0.000000849. The van der Waals surface area contributed by atoms with Crippen LogP contribution < -0.4 is 0 Å². The SMILES string of the molecule is C.C#C.CCOC(=O)c1cc(-c2ccc(F)c3cc[nH]c23)n[nH]1. The number of H-pyrrole nitrogens is 2. The van der Waals surface area contributed by atoms with Crippen LogP contribution in [0.1, 0.15) is 24.8 Å². The zero-order valence-electron chi connectivity index (χ0n) is 11.9. The molecular formula is C17H18FN3O2. The molecule has 2 N–H and O–H groups in total. The average Bonchev–Trinajstić information content (AvgIpc) is 3.20. The topological polar surface area (TPSA) is 70.8 Å². The van der Waals surface area contributed by atoms with Gasteiger partial charge >= 0.3 is 5.97 Å². The van der Waals surface area contributed by atoms with Gasteiger partial charge in [-0.3, -0.25) is 5.10 Å². The first-order chi connectivity index (χ1) is 10.7. The Labute approximate surface area is 133 Å². The third kappa shape index (κ3) is 3.40. The number of hydrogen-bond donors (Lipinski definition) is 2. The molecule has 23 heavy (non-hydrogen) atoms. The molecule has 0 atom stereocenters. The van der Waals surface area contributed by atoms with E-state index in [-0.39, 0.29) is 18.9 Å². The van der Waals surface area contributed by atoms with E-state index < -0.39 is 5.97 Å². The Kier molecular flexibility index (Phi) is 6.10. The molecule has 5 nitrogen and oxygen atoms in total. The van der Waals surface area contributed by atoms with Gasteiger partial charge in [-0.1, -0.05) is 7.43 Å². The normalized spacial score (nSPS) is 9.57. The number of ether oxygens (including phenoxy) is 1. The summed E-state index contributed by atoms with van der Waals surface area (Å²) in [5, 5.41) is 7.20. The van der Waals surface area contributed by atoms with E-state index in [1.54, 1.807) is 31.3 Å². The van der Waals surface area contributed by atoms with Crippen LogP contribution in [0.15, 0.2) is 30.5 Å². The Morgan fingerprint density at radius 2 is 2.09 bits per heavy atom. The lowest BCUT2D eigenvalue weighted by Gasteiger charge is -2.00. The van der Waals surface area contributed by atoms with Gasteiger partial charge < -0.3 is 9.72 Å². The van der Waals surface area contributed by atoms with Gasteiger partial charge in [-0.25, -0.2) is 9.18 Å². The molecule has 3 aromatic rings. The number of carbonyl (C=O) groups is 1. The summed E-state index contributed by atoms with van der Waals surface area (Å²) >= 11 is 0. The van der Waals surface area contributed by atoms with Crippen molar-refractivity contribution >= 4 is 16.9 Å². The van der Waals surface area contributed by atoms with Crippen LogP contribution in [0.2, 0.25) is 0 Å². The molecule has 0 radical (unpaired) electrons. The maximum absolute atomic E-state index is 13.6. The lowest BCUT2D eigenvalue weighted by molar-refractivity contribution is 0.0519. The molecule has 0 aliphatic carbocycles. The van der Waals surface area contributed by atoms with Gasteiger partial charge in [0.25, 0.3) is 0 Å². The molecule has 2 heterocycles. The molecule has 0 bridgehead atoms. The van der Waals surface area contributed by atoms with Crippen molar-refractivity contribution in [3.05, 3.63) is 42.0 Å². The third-order valence-corrected chi connectivity index (χ3v) is 3.02. The quantitative estimate of drug-likeness (QED) is 0.571. The van der Waals surface area contributed by atoms with Crippen molar-refractivity contribution in [1.82, 2.24) is 15.2 Å². The maximum atomic E-state index is 13.6. The maximum Gasteiger partial charge on any atom is 0.356 e. The van der Waals surface area contributed by atoms with Crippen molar-refractivity contribution in [2.45, 2.75) is 14.4 Å². The summed E-state index contributed by atoms with van der Waals surface area (Å²) < 4.78 is 18.5. The highest BCUT2D eigenvalue weighted by atomic mass is 19.1. The highest BCUT2D eigenvalue weighted by molar-refractivity contribution is 5.95. The van der Waals surface area contributed by atoms with Gasteiger partial charge in [0.1, 0.15) is 11.5 Å². The minimum absolute atomic E-state index is 0. The van der Waals surface area contributed by atoms with Crippen LogP contribution in [-0.4, -0.2) is 27.8 Å². The van der Waals surface area contributed by atoms with Crippen LogP contribution in [0.5, 0.6) is 0 Å². The molecule has 0 saturated heterocycles. The van der Waals surface area contributed by atoms with E-state index in [9.17, 15) is 9.18 Å². The van der Waals surface area contributed by atoms with Crippen LogP contribution in [0.4, 0.5) is 4.39 Å². The van der Waals surface area contributed by atoms with Crippen molar-refractivity contribution in [2.24, 2.45) is 0 Å². The highest BCUT2D eigenvalue weighted by Crippen LogP contribution is 2.28. The number of nitrogens with zero attached hydrogens (tertiary/aromatic N) is 1. The van der Waals surface area contributed by atoms with E-state index in [4.69, 9.17) is 4.74 Å². The largest absolute Gasteiger partial charge is 0.461 e. The monoisotopic (exact) mass is 315 g/mol. The first-order valence-electron chi connectivity index (χ1n) is 6.52. The van der Waals surface area contributed by atoms with Crippen LogP contribution >= 0.6 is 0 Å². The number of halogens is 1. The molecule has 0 fully saturated rings. The molecule has 0 aliphatic rings. The van der Waals surface area contributed by atoms with Crippen molar-refractivity contribution in [2.75, 3.05) is 6.61 Å². The summed E-state index contributed by atoms with van der Waals surface area (Å²) in [6.45, 7) is 2.03. The molecule has 0 spiro atoms. The predicted octanol–water partition coefficient (Wildman–Crippen LogP) is 3.76. The van der Waals surface area contributed by atoms with Crippen molar-refractivity contribution < 1.29 is 13.9 Å². The van der Waals surface area contributed by atoms with Gasteiger partial charge in [-0.15, -0.1) is 12.8 Å². The molecule has 3 rings (SSSR count). The number of rotatable bonds is 3. The van der Waals surface area contributed by atoms with Gasteiger partial charge in [-0.2, -0.15) is 5.10 Å². The van der Waals surface area contributed by atoms with Crippen LogP contribution in [0.25, 0.3) is 22.2 Å². The molecule has 0 amide bonds. The molecule has 2 aromatic heterocycles. The highest BCUT2D eigenvalue weighted by Gasteiger charge is 2.15. The summed E-state index contributed by atoms with van der Waals surface area (Å²) in [6.07, 6.45) is 9.66. The number of benzene rings is 1. The second-order valence-electron chi connectivity index (χ2n) is 4.25. The fourth-order valence-corrected chi connectivity index (χ4v) is 2.11. The zero-order valence-corrected chi connectivity index (χ0v) is 11.9. The Bertz CT molecular complexity index is 817. The van der Waals surface area contributed by atoms with E-state index in [0.717, 1.165) is 5.56 Å². The van der Waals surface area contributed by atoms with Crippen molar-refractivity contribution in [3.8, 4) is 24.1 Å². The summed E-state index contributed by atoms with van der Waals surface area (Å²) in [6, 6.07) is 6.25. The van der Waals surface area contributed by atoms with Crippen molar-refractivity contribution in [3.63, 3.8) is 0 Å². The number of aromatic amines is 2. The van der Waals surface area contributed by atoms with Crippen LogP contribution in [0, 0.1) is 18.7 Å². The Morgan fingerprint density at radius 3 is 2.78 bits per heavy atom. The fourth-order valence-electron chi connectivity index (χ4n) is 2.11. The average molecular weight is 315 g/mol. The number of hydrogen-bond acceptors (Lipinski definition) is 3. The molecule has 1 aromatic carbocycles. The van der Waals surface area contributed by atoms with Gasteiger partial charge in [0.05, 0.1) is 17.8 Å². The summed E-state index contributed by atoms with van der Waals surface area (Å²) in [4.78, 5) is 14.6. The standard InChI is InChI=1S/C14H12FN3O2.C2H2.CH4/c1-2-20-14(19)12-7-11(17-18-12)9-3-4-10(15)8-5-6-16-13(8)9;1-2;/h3-7,16H,2H2,1H3,(H,17,18);1-2H;1H4. The zero-order chi connectivity index (χ0) is 16.1. The van der Waals surface area contributed by atoms with E-state index in [1.807, 2.05) is 0 Å². The van der Waals surface area contributed by atoms with E-state index in [2.05, 4.69) is 28.0 Å². The number of esters is 1. The molecule has 120 valence electrons. The number of fused-ring (bicyclic) bond motifs is 1. The summed E-state index contributed by atoms with van der Waals surface area (Å²) in [7, 11) is 0. The smallest absolute Gasteiger partial charge is 0.356 e. The van der Waals surface area contributed by atoms with Gasteiger partial charge in [-0.05, 0) is 31.2 Å². The number of aromatic nitrogens is 3. The first kappa shape index (κ1) is 18.0. The second-order valence-corrected chi connectivity index (χ2v) is 4.25. The van der Waals surface area contributed by atoms with Crippen LogP contribution in [0.3, 0.4) is 0 Å². The number of terminal acetylenes is 1. The predicted molar refractivity (Wildman–Crippen MR) is 88.4 cm³/mol. The van der Waals surface area contributed by atoms with Gasteiger partial charge in [0, 0.05) is 17.1 Å². The second kappa shape index (κ2) is 7.80. The molecular weight excluding hydrogens is 297 g/mol. The minimum Gasteiger partial charge on any atom is -0.461 e. The lowest BCUT2D eigenvalue weighted by Crippen LogP contribution is -2.04. The van der Waals surface area contributed by atoms with E-state index >= 15 is 0 Å². The lowest BCUT2D eigenvalue weighted by atomic mass is 10.1. The van der Waals surface area contributed by atoms with Crippen molar-refractivity contribution in [1.29, 1.82) is 0 Å². The number of carbonyl (C=O) groups excluding carboxylic acids is 1. The van der Waals surface area contributed by atoms with E-state index in [1.165, 1.54) is 6.07 Å². The summed E-state index contributed by atoms with van der Waals surface area (Å²) in [5.74, 6) is -0.762. The minimum atomic E-state index is -0.462. The summed E-state index contributed by atoms with van der Waals surface area (Å²) in [5.41, 5.74) is 2.19. The first-order valence-corrected chi connectivity index (χ1v) is 6.52. The van der Waals surface area contributed by atoms with Crippen LogP contribution in [-0.2, 0) is 4.74 Å². The molecule has 0 saturated carbocycles. The van der Waals surface area contributed by atoms with Gasteiger partial charge in [0.15, 0.2) is 0 Å². The Morgan fingerprint density at radius 1 is 1.35 bits per heavy atom. The Hall–Kier alpha value is -3.07. The molecule has 0 aliphatic heterocycles. The van der Waals surface area contributed by atoms with Gasteiger partial charge in [0.2, 0.25) is 0 Å². The molecule has 6 heteroatoms. The van der Waals surface area contributed by atoms with E-state index in [0.29, 0.717) is 23.2 Å². The fraction of sp³-hybridized carbons (Fsp3) is 0.176. The number of nitrogens with one attached hydrogen (secondary N) is 2.